The van der Waals surface area contributed by atoms with E-state index in [0.717, 1.165) is 43.4 Å². The van der Waals surface area contributed by atoms with Gasteiger partial charge in [0.25, 0.3) is 0 Å². The van der Waals surface area contributed by atoms with Crippen LogP contribution in [0.1, 0.15) is 48.3 Å². The van der Waals surface area contributed by atoms with Crippen LogP contribution in [0.5, 0.6) is 0 Å². The summed E-state index contributed by atoms with van der Waals surface area (Å²) >= 11 is 0. The molecule has 1 atom stereocenters. The fourth-order valence-corrected chi connectivity index (χ4v) is 4.12. The van der Waals surface area contributed by atoms with Crippen molar-refractivity contribution in [3.05, 3.63) is 65.4 Å². The van der Waals surface area contributed by atoms with Crippen molar-refractivity contribution >= 4 is 11.5 Å². The van der Waals surface area contributed by atoms with Gasteiger partial charge in [0.2, 0.25) is 0 Å². The van der Waals surface area contributed by atoms with Gasteiger partial charge in [0, 0.05) is 48.2 Å². The first-order chi connectivity index (χ1) is 14.1. The highest BCUT2D eigenvalue weighted by Gasteiger charge is 2.23. The molecule has 1 saturated heterocycles. The number of anilines is 2. The molecule has 0 saturated carbocycles. The molecule has 0 unspecified atom stereocenters. The number of piperidine rings is 1. The van der Waals surface area contributed by atoms with Crippen LogP contribution < -0.4 is 5.32 Å². The number of hydrogen-bond acceptors (Lipinski definition) is 5. The van der Waals surface area contributed by atoms with Gasteiger partial charge in [-0.1, -0.05) is 6.07 Å². The molecule has 3 aromatic heterocycles. The van der Waals surface area contributed by atoms with E-state index in [9.17, 15) is 0 Å². The number of pyridine rings is 2. The van der Waals surface area contributed by atoms with Crippen molar-refractivity contribution < 1.29 is 0 Å². The standard InChI is InChI=1S/C23H30N6/c1-4-29-18(3)20(13-25-29)16-28-12-6-8-19(15-28)22-11-10-21(14-24-22)27-23-9-5-7-17(2)26-23/h5,7,9-11,13-14,19H,4,6,8,12,15-16H2,1-3H3,(H,26,27)/t19-/m0/s1. The molecule has 29 heavy (non-hydrogen) atoms. The number of rotatable bonds is 6. The lowest BCUT2D eigenvalue weighted by molar-refractivity contribution is 0.198. The Morgan fingerprint density at radius 1 is 1.14 bits per heavy atom. The first-order valence-electron chi connectivity index (χ1n) is 10.5. The maximum absolute atomic E-state index is 4.76. The molecule has 1 aliphatic heterocycles. The Bertz CT molecular complexity index is 946. The fraction of sp³-hybridized carbons (Fsp3) is 0.435. The largest absolute Gasteiger partial charge is 0.339 e. The molecule has 4 heterocycles. The first-order valence-corrected chi connectivity index (χ1v) is 10.5. The summed E-state index contributed by atoms with van der Waals surface area (Å²) in [6.45, 7) is 10.4. The van der Waals surface area contributed by atoms with Crippen molar-refractivity contribution in [1.29, 1.82) is 0 Å². The van der Waals surface area contributed by atoms with Crippen LogP contribution in [0.15, 0.2) is 42.7 Å². The molecule has 1 N–H and O–H groups in total. The van der Waals surface area contributed by atoms with E-state index in [-0.39, 0.29) is 0 Å². The number of nitrogens with one attached hydrogen (secondary N) is 1. The Kier molecular flexibility index (Phi) is 5.90. The number of aromatic nitrogens is 4. The fourth-order valence-electron chi connectivity index (χ4n) is 4.12. The smallest absolute Gasteiger partial charge is 0.130 e. The van der Waals surface area contributed by atoms with Gasteiger partial charge in [0.1, 0.15) is 5.82 Å². The van der Waals surface area contributed by atoms with Crippen LogP contribution in [0.25, 0.3) is 0 Å². The van der Waals surface area contributed by atoms with E-state index >= 15 is 0 Å². The Balaban J connectivity index is 1.39. The van der Waals surface area contributed by atoms with Crippen LogP contribution in [0.3, 0.4) is 0 Å². The Morgan fingerprint density at radius 2 is 2.03 bits per heavy atom. The van der Waals surface area contributed by atoms with Crippen LogP contribution in [0.4, 0.5) is 11.5 Å². The summed E-state index contributed by atoms with van der Waals surface area (Å²) in [7, 11) is 0. The lowest BCUT2D eigenvalue weighted by Gasteiger charge is -2.32. The summed E-state index contributed by atoms with van der Waals surface area (Å²) in [4.78, 5) is 11.8. The quantitative estimate of drug-likeness (QED) is 0.675. The number of nitrogens with zero attached hydrogens (tertiary/aromatic N) is 5. The van der Waals surface area contributed by atoms with Crippen molar-refractivity contribution in [2.45, 2.75) is 52.6 Å². The second kappa shape index (κ2) is 8.74. The molecule has 1 aliphatic rings. The minimum atomic E-state index is 0.483. The molecule has 3 aromatic rings. The van der Waals surface area contributed by atoms with Gasteiger partial charge in [-0.3, -0.25) is 14.6 Å². The van der Waals surface area contributed by atoms with Gasteiger partial charge in [0.05, 0.1) is 18.1 Å². The van der Waals surface area contributed by atoms with E-state index in [0.29, 0.717) is 5.92 Å². The van der Waals surface area contributed by atoms with Crippen LogP contribution in [0.2, 0.25) is 0 Å². The van der Waals surface area contributed by atoms with Gasteiger partial charge < -0.3 is 5.32 Å². The van der Waals surface area contributed by atoms with Gasteiger partial charge in [-0.15, -0.1) is 0 Å². The van der Waals surface area contributed by atoms with Crippen molar-refractivity contribution in [1.82, 2.24) is 24.6 Å². The summed E-state index contributed by atoms with van der Waals surface area (Å²) in [6.07, 6.45) is 6.36. The average molecular weight is 391 g/mol. The summed E-state index contributed by atoms with van der Waals surface area (Å²) < 4.78 is 2.08. The molecule has 0 bridgehead atoms. The molecule has 0 amide bonds. The molecule has 0 spiro atoms. The Morgan fingerprint density at radius 3 is 2.76 bits per heavy atom. The van der Waals surface area contributed by atoms with Crippen molar-refractivity contribution in [2.75, 3.05) is 18.4 Å². The molecule has 0 aromatic carbocycles. The third kappa shape index (κ3) is 4.65. The highest BCUT2D eigenvalue weighted by Crippen LogP contribution is 2.28. The third-order valence-corrected chi connectivity index (χ3v) is 5.77. The zero-order chi connectivity index (χ0) is 20.2. The summed E-state index contributed by atoms with van der Waals surface area (Å²) in [5, 5.41) is 7.83. The highest BCUT2D eigenvalue weighted by molar-refractivity contribution is 5.55. The monoisotopic (exact) mass is 390 g/mol. The normalized spacial score (nSPS) is 17.4. The predicted molar refractivity (Wildman–Crippen MR) is 116 cm³/mol. The van der Waals surface area contributed by atoms with Crippen LogP contribution in [-0.2, 0) is 13.1 Å². The number of aryl methyl sites for hydroxylation is 2. The zero-order valence-corrected chi connectivity index (χ0v) is 17.6. The maximum Gasteiger partial charge on any atom is 0.130 e. The predicted octanol–water partition coefficient (Wildman–Crippen LogP) is 4.43. The SMILES string of the molecule is CCn1ncc(CN2CCC[C@H](c3ccc(Nc4cccc(C)n4)cn3)C2)c1C. The van der Waals surface area contributed by atoms with E-state index in [1.165, 1.54) is 29.8 Å². The molecule has 6 nitrogen and oxygen atoms in total. The molecular formula is C23H30N6. The second-order valence-electron chi connectivity index (χ2n) is 7.91. The van der Waals surface area contributed by atoms with Crippen molar-refractivity contribution in [3.63, 3.8) is 0 Å². The zero-order valence-electron chi connectivity index (χ0n) is 17.6. The van der Waals surface area contributed by atoms with Crippen LogP contribution in [-0.4, -0.2) is 37.7 Å². The van der Waals surface area contributed by atoms with E-state index < -0.39 is 0 Å². The minimum absolute atomic E-state index is 0.483. The van der Waals surface area contributed by atoms with E-state index in [1.54, 1.807) is 0 Å². The van der Waals surface area contributed by atoms with Crippen LogP contribution >= 0.6 is 0 Å². The topological polar surface area (TPSA) is 58.9 Å². The third-order valence-electron chi connectivity index (χ3n) is 5.77. The number of hydrogen-bond donors (Lipinski definition) is 1. The van der Waals surface area contributed by atoms with E-state index in [2.05, 4.69) is 51.0 Å². The van der Waals surface area contributed by atoms with Gasteiger partial charge in [-0.25, -0.2) is 4.98 Å². The van der Waals surface area contributed by atoms with Crippen molar-refractivity contribution in [3.8, 4) is 0 Å². The molecule has 152 valence electrons. The van der Waals surface area contributed by atoms with E-state index in [4.69, 9.17) is 4.98 Å². The highest BCUT2D eigenvalue weighted by atomic mass is 15.3. The van der Waals surface area contributed by atoms with Gasteiger partial charge in [-0.05, 0) is 64.4 Å². The Labute approximate surface area is 173 Å². The van der Waals surface area contributed by atoms with Gasteiger partial charge in [0.15, 0.2) is 0 Å². The minimum Gasteiger partial charge on any atom is -0.339 e. The Hall–Kier alpha value is -2.73. The molecular weight excluding hydrogens is 360 g/mol. The summed E-state index contributed by atoms with van der Waals surface area (Å²) in [5.41, 5.74) is 5.78. The van der Waals surface area contributed by atoms with E-state index in [1.807, 2.05) is 37.5 Å². The van der Waals surface area contributed by atoms with Crippen molar-refractivity contribution in [2.24, 2.45) is 0 Å². The summed E-state index contributed by atoms with van der Waals surface area (Å²) in [5.74, 6) is 1.34. The molecule has 0 aliphatic carbocycles. The maximum atomic E-state index is 4.76. The molecule has 6 heteroatoms. The van der Waals surface area contributed by atoms with Gasteiger partial charge in [-0.2, -0.15) is 5.10 Å². The summed E-state index contributed by atoms with van der Waals surface area (Å²) in [6, 6.07) is 10.3. The first kappa shape index (κ1) is 19.6. The van der Waals surface area contributed by atoms with Crippen LogP contribution in [0, 0.1) is 13.8 Å². The lowest BCUT2D eigenvalue weighted by atomic mass is 9.94. The number of likely N-dealkylation sites (tertiary alicyclic amines) is 1. The second-order valence-corrected chi connectivity index (χ2v) is 7.91. The lowest BCUT2D eigenvalue weighted by Crippen LogP contribution is -2.34. The molecule has 0 radical (unpaired) electrons. The average Bonchev–Trinajstić information content (AvgIpc) is 3.08. The van der Waals surface area contributed by atoms with Gasteiger partial charge >= 0.3 is 0 Å². The molecule has 1 fully saturated rings. The molecule has 4 rings (SSSR count).